The fourth-order valence-corrected chi connectivity index (χ4v) is 1.39. The van der Waals surface area contributed by atoms with Crippen molar-refractivity contribution >= 4 is 29.2 Å². The van der Waals surface area contributed by atoms with E-state index in [-0.39, 0.29) is 17.5 Å². The molecule has 0 aliphatic heterocycles. The predicted molar refractivity (Wildman–Crippen MR) is 63.8 cm³/mol. The number of ether oxygens (including phenoxy) is 1. The van der Waals surface area contributed by atoms with E-state index in [4.69, 9.17) is 27.9 Å². The van der Waals surface area contributed by atoms with Gasteiger partial charge in [-0.05, 0) is 32.4 Å². The van der Waals surface area contributed by atoms with E-state index in [2.05, 4.69) is 4.98 Å². The molecule has 1 aromatic heterocycles. The first-order valence-electron chi connectivity index (χ1n) is 4.80. The molecule has 1 heterocycles. The first-order chi connectivity index (χ1) is 7.28. The molecule has 0 saturated carbocycles. The zero-order valence-corrected chi connectivity index (χ0v) is 10.9. The summed E-state index contributed by atoms with van der Waals surface area (Å²) in [5.41, 5.74) is 0.199. The largest absolute Gasteiger partial charge is 0.460 e. The van der Waals surface area contributed by atoms with Crippen molar-refractivity contribution in [1.82, 2.24) is 4.98 Å². The Labute approximate surface area is 105 Å². The van der Waals surface area contributed by atoms with Gasteiger partial charge in [-0.3, -0.25) is 4.79 Å². The monoisotopic (exact) mass is 261 g/mol. The molecule has 88 valence electrons. The molecular weight excluding hydrogens is 249 g/mol. The Kier molecular flexibility index (Phi) is 4.16. The molecule has 0 bridgehead atoms. The number of rotatable bonds is 2. The van der Waals surface area contributed by atoms with Crippen LogP contribution in [0.25, 0.3) is 0 Å². The van der Waals surface area contributed by atoms with Crippen LogP contribution in [0.5, 0.6) is 0 Å². The molecule has 16 heavy (non-hydrogen) atoms. The second-order valence-corrected chi connectivity index (χ2v) is 5.14. The standard InChI is InChI=1S/C11H13Cl2NO2/c1-11(2,3)16-9(15)5-7-4-8(12)10(13)14-6-7/h4,6H,5H2,1-3H3. The van der Waals surface area contributed by atoms with E-state index < -0.39 is 5.60 Å². The molecule has 0 unspecified atom stereocenters. The lowest BCUT2D eigenvalue weighted by molar-refractivity contribution is -0.153. The van der Waals surface area contributed by atoms with Crippen LogP contribution in [0.4, 0.5) is 0 Å². The second-order valence-electron chi connectivity index (χ2n) is 4.38. The summed E-state index contributed by atoms with van der Waals surface area (Å²) in [7, 11) is 0. The lowest BCUT2D eigenvalue weighted by Gasteiger charge is -2.19. The van der Waals surface area contributed by atoms with Crippen molar-refractivity contribution in [3.63, 3.8) is 0 Å². The summed E-state index contributed by atoms with van der Waals surface area (Å²) in [6.45, 7) is 5.45. The van der Waals surface area contributed by atoms with Crippen molar-refractivity contribution in [2.24, 2.45) is 0 Å². The molecule has 0 fully saturated rings. The van der Waals surface area contributed by atoms with Gasteiger partial charge in [-0.15, -0.1) is 0 Å². The molecule has 0 spiro atoms. The number of nitrogens with zero attached hydrogens (tertiary/aromatic N) is 1. The summed E-state index contributed by atoms with van der Waals surface area (Å²) in [5, 5.41) is 0.567. The van der Waals surface area contributed by atoms with Crippen LogP contribution in [-0.4, -0.2) is 16.6 Å². The summed E-state index contributed by atoms with van der Waals surface area (Å²) >= 11 is 11.4. The maximum atomic E-state index is 11.5. The zero-order chi connectivity index (χ0) is 12.3. The number of aromatic nitrogens is 1. The van der Waals surface area contributed by atoms with Gasteiger partial charge in [0.2, 0.25) is 0 Å². The number of esters is 1. The SMILES string of the molecule is CC(C)(C)OC(=O)Cc1cnc(Cl)c(Cl)c1. The Bertz CT molecular complexity index is 399. The number of carbonyl (C=O) groups excluding carboxylic acids is 1. The summed E-state index contributed by atoms with van der Waals surface area (Å²) in [6, 6.07) is 1.61. The van der Waals surface area contributed by atoms with Crippen molar-refractivity contribution in [2.45, 2.75) is 32.8 Å². The first-order valence-corrected chi connectivity index (χ1v) is 5.55. The van der Waals surface area contributed by atoms with Gasteiger partial charge in [-0.2, -0.15) is 0 Å². The number of carbonyl (C=O) groups is 1. The van der Waals surface area contributed by atoms with Gasteiger partial charge in [-0.25, -0.2) is 4.98 Å². The lowest BCUT2D eigenvalue weighted by atomic mass is 10.2. The fraction of sp³-hybridized carbons (Fsp3) is 0.455. The van der Waals surface area contributed by atoms with Gasteiger partial charge >= 0.3 is 5.97 Å². The van der Waals surface area contributed by atoms with Crippen LogP contribution in [0.1, 0.15) is 26.3 Å². The first kappa shape index (κ1) is 13.3. The minimum atomic E-state index is -0.485. The second kappa shape index (κ2) is 5.02. The number of halogens is 2. The van der Waals surface area contributed by atoms with E-state index in [0.29, 0.717) is 10.6 Å². The molecule has 0 aliphatic carbocycles. The molecule has 0 aliphatic rings. The fourth-order valence-electron chi connectivity index (χ4n) is 1.10. The Morgan fingerprint density at radius 1 is 1.44 bits per heavy atom. The van der Waals surface area contributed by atoms with Crippen LogP contribution < -0.4 is 0 Å². The van der Waals surface area contributed by atoms with Crippen molar-refractivity contribution in [3.8, 4) is 0 Å². The highest BCUT2D eigenvalue weighted by molar-refractivity contribution is 6.41. The molecule has 0 amide bonds. The molecule has 0 aromatic carbocycles. The summed E-state index contributed by atoms with van der Waals surface area (Å²) in [4.78, 5) is 15.4. The Morgan fingerprint density at radius 3 is 2.56 bits per heavy atom. The van der Waals surface area contributed by atoms with Crippen LogP contribution in [-0.2, 0) is 16.0 Å². The molecule has 0 saturated heterocycles. The van der Waals surface area contributed by atoms with E-state index in [1.807, 2.05) is 20.8 Å². The Balaban J connectivity index is 2.67. The third kappa shape index (κ3) is 4.37. The predicted octanol–water partition coefficient (Wildman–Crippen LogP) is 3.27. The van der Waals surface area contributed by atoms with Gasteiger partial charge in [-0.1, -0.05) is 23.2 Å². The third-order valence-corrected chi connectivity index (χ3v) is 2.31. The Hall–Kier alpha value is -0.800. The number of pyridine rings is 1. The smallest absolute Gasteiger partial charge is 0.310 e. The molecule has 3 nitrogen and oxygen atoms in total. The van der Waals surface area contributed by atoms with Gasteiger partial charge < -0.3 is 4.74 Å². The highest BCUT2D eigenvalue weighted by Crippen LogP contribution is 2.20. The van der Waals surface area contributed by atoms with E-state index in [9.17, 15) is 4.79 Å². The van der Waals surface area contributed by atoms with E-state index in [0.717, 1.165) is 0 Å². The molecule has 0 radical (unpaired) electrons. The minimum absolute atomic E-state index is 0.140. The molecule has 0 atom stereocenters. The van der Waals surface area contributed by atoms with E-state index >= 15 is 0 Å². The van der Waals surface area contributed by atoms with Crippen molar-refractivity contribution in [1.29, 1.82) is 0 Å². The summed E-state index contributed by atoms with van der Waals surface area (Å²) in [5.74, 6) is -0.312. The molecule has 1 rings (SSSR count). The highest BCUT2D eigenvalue weighted by Gasteiger charge is 2.16. The van der Waals surface area contributed by atoms with Gasteiger partial charge in [0.15, 0.2) is 0 Å². The van der Waals surface area contributed by atoms with Crippen LogP contribution in [0, 0.1) is 0 Å². The lowest BCUT2D eigenvalue weighted by Crippen LogP contribution is -2.24. The van der Waals surface area contributed by atoms with Crippen LogP contribution in [0.15, 0.2) is 12.3 Å². The van der Waals surface area contributed by atoms with E-state index in [1.165, 1.54) is 6.20 Å². The van der Waals surface area contributed by atoms with Gasteiger partial charge in [0, 0.05) is 6.20 Å². The third-order valence-electron chi connectivity index (χ3n) is 1.62. The number of hydrogen-bond acceptors (Lipinski definition) is 3. The Morgan fingerprint density at radius 2 is 2.06 bits per heavy atom. The average molecular weight is 262 g/mol. The average Bonchev–Trinajstić information content (AvgIpc) is 2.08. The molecule has 1 aromatic rings. The van der Waals surface area contributed by atoms with Crippen molar-refractivity contribution < 1.29 is 9.53 Å². The van der Waals surface area contributed by atoms with Crippen molar-refractivity contribution in [2.75, 3.05) is 0 Å². The van der Waals surface area contributed by atoms with Gasteiger partial charge in [0.05, 0.1) is 11.4 Å². The minimum Gasteiger partial charge on any atom is -0.460 e. The van der Waals surface area contributed by atoms with Crippen molar-refractivity contribution in [3.05, 3.63) is 28.0 Å². The maximum Gasteiger partial charge on any atom is 0.310 e. The molecule has 0 N–H and O–H groups in total. The topological polar surface area (TPSA) is 39.2 Å². The quantitative estimate of drug-likeness (QED) is 0.606. The molecule has 5 heteroatoms. The highest BCUT2D eigenvalue weighted by atomic mass is 35.5. The van der Waals surface area contributed by atoms with Gasteiger partial charge in [0.1, 0.15) is 10.8 Å². The van der Waals surface area contributed by atoms with Gasteiger partial charge in [0.25, 0.3) is 0 Å². The summed E-state index contributed by atoms with van der Waals surface area (Å²) in [6.07, 6.45) is 1.65. The zero-order valence-electron chi connectivity index (χ0n) is 9.38. The van der Waals surface area contributed by atoms with Crippen LogP contribution in [0.3, 0.4) is 0 Å². The normalized spacial score (nSPS) is 11.3. The maximum absolute atomic E-state index is 11.5. The summed E-state index contributed by atoms with van der Waals surface area (Å²) < 4.78 is 5.17. The number of hydrogen-bond donors (Lipinski definition) is 0. The molecular formula is C11H13Cl2NO2. The van der Waals surface area contributed by atoms with Crippen LogP contribution in [0.2, 0.25) is 10.2 Å². The van der Waals surface area contributed by atoms with E-state index in [1.54, 1.807) is 6.07 Å². The van der Waals surface area contributed by atoms with Crippen LogP contribution >= 0.6 is 23.2 Å².